The van der Waals surface area contributed by atoms with Crippen LogP contribution < -0.4 is 5.73 Å². The van der Waals surface area contributed by atoms with E-state index in [9.17, 15) is 4.79 Å². The van der Waals surface area contributed by atoms with Gasteiger partial charge in [0.25, 0.3) is 0 Å². The van der Waals surface area contributed by atoms with E-state index in [1.807, 2.05) is 6.07 Å². The topological polar surface area (TPSA) is 51.3 Å². The molecular weight excluding hydrogens is 346 g/mol. The molecule has 1 amide bonds. The van der Waals surface area contributed by atoms with Crippen molar-refractivity contribution in [1.82, 2.24) is 9.47 Å². The third-order valence-electron chi connectivity index (χ3n) is 5.66. The number of rotatable bonds is 6. The molecule has 1 aromatic heterocycles. The largest absolute Gasteiger partial charge is 0.366 e. The molecule has 2 aromatic carbocycles. The quantitative estimate of drug-likeness (QED) is 0.669. The van der Waals surface area contributed by atoms with Gasteiger partial charge in [0.1, 0.15) is 0 Å². The lowest BCUT2D eigenvalue weighted by Crippen LogP contribution is -2.20. The van der Waals surface area contributed by atoms with Crippen LogP contribution in [-0.2, 0) is 24.8 Å². The second-order valence-corrected chi connectivity index (χ2v) is 7.86. The predicted molar refractivity (Wildman–Crippen MR) is 115 cm³/mol. The number of primary amides is 1. The highest BCUT2D eigenvalue weighted by Crippen LogP contribution is 2.28. The Bertz CT molecular complexity index is 1000. The van der Waals surface area contributed by atoms with E-state index in [0.29, 0.717) is 5.92 Å². The fourth-order valence-corrected chi connectivity index (χ4v) is 4.31. The maximum Gasteiger partial charge on any atom is 0.241 e. The predicted octanol–water partition coefficient (Wildman–Crippen LogP) is 3.74. The maximum atomic E-state index is 11.0. The minimum atomic E-state index is -0.419. The summed E-state index contributed by atoms with van der Waals surface area (Å²) in [5.74, 6) is 0.261. The van der Waals surface area contributed by atoms with E-state index in [2.05, 4.69) is 65.2 Å². The molecule has 144 valence electrons. The van der Waals surface area contributed by atoms with Crippen LogP contribution in [-0.4, -0.2) is 28.5 Å². The third-order valence-corrected chi connectivity index (χ3v) is 5.66. The highest BCUT2D eigenvalue weighted by molar-refractivity contribution is 5.92. The van der Waals surface area contributed by atoms with Gasteiger partial charge in [-0.1, -0.05) is 36.4 Å². The first-order chi connectivity index (χ1) is 13.6. The van der Waals surface area contributed by atoms with Crippen molar-refractivity contribution in [2.75, 3.05) is 13.1 Å². The van der Waals surface area contributed by atoms with Crippen molar-refractivity contribution in [1.29, 1.82) is 0 Å². The first-order valence-electron chi connectivity index (χ1n) is 9.90. The molecule has 0 saturated carbocycles. The number of benzene rings is 2. The summed E-state index contributed by atoms with van der Waals surface area (Å²) < 4.78 is 2.20. The molecule has 1 aliphatic rings. The Labute approximate surface area is 166 Å². The maximum absolute atomic E-state index is 11.0. The normalized spacial score (nSPS) is 17.7. The summed E-state index contributed by atoms with van der Waals surface area (Å²) in [5.41, 5.74) is 10.2. The first kappa shape index (κ1) is 18.5. The molecule has 1 atom stereocenters. The van der Waals surface area contributed by atoms with Gasteiger partial charge in [-0.3, -0.25) is 9.69 Å². The lowest BCUT2D eigenvalue weighted by Gasteiger charge is -2.16. The molecule has 28 heavy (non-hydrogen) atoms. The summed E-state index contributed by atoms with van der Waals surface area (Å²) >= 11 is 0. The average Bonchev–Trinajstić information content (AvgIpc) is 3.25. The van der Waals surface area contributed by atoms with E-state index in [1.165, 1.54) is 34.5 Å². The summed E-state index contributed by atoms with van der Waals surface area (Å²) in [4.78, 5) is 13.6. The average molecular weight is 374 g/mol. The Morgan fingerprint density at radius 3 is 2.82 bits per heavy atom. The molecule has 1 saturated heterocycles. The highest BCUT2D eigenvalue weighted by atomic mass is 16.1. The van der Waals surface area contributed by atoms with Crippen LogP contribution in [0.3, 0.4) is 0 Å². The number of carbonyl (C=O) groups excluding carboxylic acids is 1. The molecule has 4 heteroatoms. The van der Waals surface area contributed by atoms with Crippen LogP contribution in [0.2, 0.25) is 0 Å². The van der Waals surface area contributed by atoms with Gasteiger partial charge >= 0.3 is 0 Å². The van der Waals surface area contributed by atoms with Crippen molar-refractivity contribution in [2.45, 2.75) is 19.4 Å². The zero-order valence-electron chi connectivity index (χ0n) is 16.3. The number of hydrogen-bond donors (Lipinski definition) is 1. The smallest absolute Gasteiger partial charge is 0.241 e. The number of nitrogens with zero attached hydrogens (tertiary/aromatic N) is 2. The molecule has 2 heterocycles. The number of aryl methyl sites for hydroxylation is 1. The minimum absolute atomic E-state index is 0.419. The number of amides is 1. The van der Waals surface area contributed by atoms with E-state index in [0.717, 1.165) is 31.6 Å². The van der Waals surface area contributed by atoms with E-state index in [4.69, 9.17) is 5.73 Å². The lowest BCUT2D eigenvalue weighted by atomic mass is 9.97. The molecule has 1 fully saturated rings. The van der Waals surface area contributed by atoms with Gasteiger partial charge in [0.05, 0.1) is 0 Å². The standard InChI is InChI=1S/C24H27N3O/c1-26-17-21(22-14-18(7-9-23(22)26)8-10-24(25)28)13-20-11-12-27(16-20)15-19-5-3-2-4-6-19/h2-10,14,17,20H,11-13,15-16H2,1H3,(H2,25,28). The van der Waals surface area contributed by atoms with Crippen LogP contribution in [0, 0.1) is 5.92 Å². The van der Waals surface area contributed by atoms with Crippen LogP contribution in [0.1, 0.15) is 23.1 Å². The first-order valence-corrected chi connectivity index (χ1v) is 9.90. The van der Waals surface area contributed by atoms with E-state index in [-0.39, 0.29) is 0 Å². The number of aromatic nitrogens is 1. The number of hydrogen-bond acceptors (Lipinski definition) is 2. The fourth-order valence-electron chi connectivity index (χ4n) is 4.31. The van der Waals surface area contributed by atoms with Crippen molar-refractivity contribution in [3.05, 3.63) is 77.5 Å². The summed E-state index contributed by atoms with van der Waals surface area (Å²) in [6.07, 6.45) is 7.79. The van der Waals surface area contributed by atoms with Gasteiger partial charge in [0, 0.05) is 43.3 Å². The Kier molecular flexibility index (Phi) is 5.31. The Morgan fingerprint density at radius 2 is 2.04 bits per heavy atom. The van der Waals surface area contributed by atoms with Crippen LogP contribution in [0.15, 0.2) is 60.8 Å². The molecule has 0 spiro atoms. The summed E-state index contributed by atoms with van der Waals surface area (Å²) in [6, 6.07) is 17.0. The Morgan fingerprint density at radius 1 is 1.21 bits per heavy atom. The Hall–Kier alpha value is -2.85. The summed E-state index contributed by atoms with van der Waals surface area (Å²) in [7, 11) is 2.10. The van der Waals surface area contributed by atoms with Gasteiger partial charge in [-0.15, -0.1) is 0 Å². The van der Waals surface area contributed by atoms with Crippen molar-refractivity contribution in [3.63, 3.8) is 0 Å². The molecule has 3 aromatic rings. The SMILES string of the molecule is Cn1cc(CC2CCN(Cc3ccccc3)C2)c2cc(C=CC(N)=O)ccc21. The molecule has 0 radical (unpaired) electrons. The molecule has 0 bridgehead atoms. The summed E-state index contributed by atoms with van der Waals surface area (Å²) in [6.45, 7) is 3.35. The van der Waals surface area contributed by atoms with E-state index >= 15 is 0 Å². The van der Waals surface area contributed by atoms with Crippen LogP contribution >= 0.6 is 0 Å². The minimum Gasteiger partial charge on any atom is -0.366 e. The highest BCUT2D eigenvalue weighted by Gasteiger charge is 2.23. The van der Waals surface area contributed by atoms with Crippen molar-refractivity contribution in [3.8, 4) is 0 Å². The zero-order chi connectivity index (χ0) is 19.5. The Balaban J connectivity index is 1.48. The third kappa shape index (κ3) is 4.18. The molecule has 4 rings (SSSR count). The van der Waals surface area contributed by atoms with Gasteiger partial charge < -0.3 is 10.3 Å². The molecular formula is C24H27N3O. The fraction of sp³-hybridized carbons (Fsp3) is 0.292. The van der Waals surface area contributed by atoms with Gasteiger partial charge in [-0.2, -0.15) is 0 Å². The van der Waals surface area contributed by atoms with E-state index < -0.39 is 5.91 Å². The van der Waals surface area contributed by atoms with Crippen molar-refractivity contribution in [2.24, 2.45) is 18.7 Å². The monoisotopic (exact) mass is 373 g/mol. The number of likely N-dealkylation sites (tertiary alicyclic amines) is 1. The van der Waals surface area contributed by atoms with Gasteiger partial charge in [0.2, 0.25) is 5.91 Å². The summed E-state index contributed by atoms with van der Waals surface area (Å²) in [5, 5.41) is 1.27. The van der Waals surface area contributed by atoms with E-state index in [1.54, 1.807) is 6.08 Å². The molecule has 1 unspecified atom stereocenters. The number of carbonyl (C=O) groups is 1. The molecule has 0 aliphatic carbocycles. The molecule has 1 aliphatic heterocycles. The van der Waals surface area contributed by atoms with Gasteiger partial charge in [0.15, 0.2) is 0 Å². The molecule has 2 N–H and O–H groups in total. The lowest BCUT2D eigenvalue weighted by molar-refractivity contribution is -0.113. The zero-order valence-corrected chi connectivity index (χ0v) is 16.3. The van der Waals surface area contributed by atoms with Crippen molar-refractivity contribution < 1.29 is 4.79 Å². The van der Waals surface area contributed by atoms with Gasteiger partial charge in [-0.05, 0) is 60.2 Å². The number of fused-ring (bicyclic) bond motifs is 1. The molecule has 4 nitrogen and oxygen atoms in total. The second kappa shape index (κ2) is 8.03. The van der Waals surface area contributed by atoms with Crippen molar-refractivity contribution >= 4 is 22.9 Å². The number of nitrogens with two attached hydrogens (primary N) is 1. The second-order valence-electron chi connectivity index (χ2n) is 7.86. The van der Waals surface area contributed by atoms with Gasteiger partial charge in [-0.25, -0.2) is 0 Å². The van der Waals surface area contributed by atoms with Crippen LogP contribution in [0.4, 0.5) is 0 Å². The van der Waals surface area contributed by atoms with Crippen LogP contribution in [0.5, 0.6) is 0 Å². The van der Waals surface area contributed by atoms with Crippen LogP contribution in [0.25, 0.3) is 17.0 Å².